The molecule has 2 unspecified atom stereocenters. The monoisotopic (exact) mass is 484 g/mol. The third-order valence-electron chi connectivity index (χ3n) is 6.11. The van der Waals surface area contributed by atoms with Crippen LogP contribution >= 0.6 is 11.3 Å². The van der Waals surface area contributed by atoms with E-state index in [9.17, 15) is 14.4 Å². The lowest BCUT2D eigenvalue weighted by molar-refractivity contribution is -0.142. The second kappa shape index (κ2) is 11.6. The number of likely N-dealkylation sites (tertiary alicyclic amines) is 1. The average molecular weight is 485 g/mol. The predicted molar refractivity (Wildman–Crippen MR) is 135 cm³/mol. The third kappa shape index (κ3) is 6.44. The smallest absolute Gasteiger partial charge is 0.246 e. The van der Waals surface area contributed by atoms with Gasteiger partial charge in [0.1, 0.15) is 12.1 Å². The molecule has 7 nitrogen and oxygen atoms in total. The normalized spacial score (nSPS) is 16.7. The number of nitrogens with one attached hydrogen (secondary N) is 2. The van der Waals surface area contributed by atoms with Gasteiger partial charge in [-0.05, 0) is 42.7 Å². The van der Waals surface area contributed by atoms with Crippen molar-refractivity contribution in [3.8, 4) is 10.4 Å². The Kier molecular flexibility index (Phi) is 8.83. The first-order valence-electron chi connectivity index (χ1n) is 12.0. The summed E-state index contributed by atoms with van der Waals surface area (Å²) in [5.41, 5.74) is 4.96. The molecule has 184 valence electrons. The van der Waals surface area contributed by atoms with Crippen LogP contribution in [0.1, 0.15) is 58.2 Å². The molecular weight excluding hydrogens is 448 g/mol. The minimum atomic E-state index is -0.623. The van der Waals surface area contributed by atoms with Crippen LogP contribution in [0.3, 0.4) is 0 Å². The molecule has 0 spiro atoms. The zero-order valence-corrected chi connectivity index (χ0v) is 21.6. The number of nitrogens with zero attached hydrogens (tertiary/aromatic N) is 2. The molecule has 3 amide bonds. The highest BCUT2D eigenvalue weighted by Crippen LogP contribution is 2.27. The Labute approximate surface area is 206 Å². The molecule has 1 fully saturated rings. The molecule has 2 aromatic rings. The van der Waals surface area contributed by atoms with E-state index in [2.05, 4.69) is 15.6 Å². The molecule has 1 aromatic carbocycles. The Hall–Kier alpha value is -2.74. The SMILES string of the molecule is Cc1ncsc1-c1ccc(CNC(=O)C2CCCN2C(=O)C(NC(=O)CC(C)C)C(C)C)cc1. The van der Waals surface area contributed by atoms with Gasteiger partial charge in [0.2, 0.25) is 17.7 Å². The summed E-state index contributed by atoms with van der Waals surface area (Å²) in [7, 11) is 0. The third-order valence-corrected chi connectivity index (χ3v) is 7.09. The van der Waals surface area contributed by atoms with Gasteiger partial charge in [-0.15, -0.1) is 11.3 Å². The number of hydrogen-bond donors (Lipinski definition) is 2. The van der Waals surface area contributed by atoms with Crippen molar-refractivity contribution in [1.82, 2.24) is 20.5 Å². The minimum absolute atomic E-state index is 0.0615. The first-order valence-corrected chi connectivity index (χ1v) is 12.9. The number of carbonyl (C=O) groups is 3. The van der Waals surface area contributed by atoms with Crippen molar-refractivity contribution in [1.29, 1.82) is 0 Å². The Morgan fingerprint density at radius 1 is 1.15 bits per heavy atom. The van der Waals surface area contributed by atoms with E-state index in [4.69, 9.17) is 0 Å². The van der Waals surface area contributed by atoms with E-state index in [1.54, 1.807) is 16.2 Å². The lowest BCUT2D eigenvalue weighted by atomic mass is 10.0. The predicted octanol–water partition coefficient (Wildman–Crippen LogP) is 3.91. The zero-order chi connectivity index (χ0) is 24.8. The summed E-state index contributed by atoms with van der Waals surface area (Å²) < 4.78 is 0. The topological polar surface area (TPSA) is 91.4 Å². The highest BCUT2D eigenvalue weighted by molar-refractivity contribution is 7.13. The number of aromatic nitrogens is 1. The van der Waals surface area contributed by atoms with Crippen molar-refractivity contribution in [2.45, 2.75) is 72.5 Å². The van der Waals surface area contributed by atoms with Gasteiger partial charge in [-0.25, -0.2) is 4.98 Å². The maximum atomic E-state index is 13.3. The van der Waals surface area contributed by atoms with E-state index >= 15 is 0 Å². The zero-order valence-electron chi connectivity index (χ0n) is 20.8. The summed E-state index contributed by atoms with van der Waals surface area (Å²) in [4.78, 5) is 45.7. The van der Waals surface area contributed by atoms with Crippen LogP contribution in [0.15, 0.2) is 29.8 Å². The molecule has 3 rings (SSSR count). The number of carbonyl (C=O) groups excluding carboxylic acids is 3. The fourth-order valence-electron chi connectivity index (χ4n) is 4.26. The lowest BCUT2D eigenvalue weighted by Gasteiger charge is -2.30. The van der Waals surface area contributed by atoms with Gasteiger partial charge in [-0.1, -0.05) is 52.0 Å². The number of aryl methyl sites for hydroxylation is 1. The largest absolute Gasteiger partial charge is 0.350 e. The summed E-state index contributed by atoms with van der Waals surface area (Å²) in [6.07, 6.45) is 1.78. The van der Waals surface area contributed by atoms with Crippen molar-refractivity contribution in [3.63, 3.8) is 0 Å². The van der Waals surface area contributed by atoms with Crippen molar-refractivity contribution in [3.05, 3.63) is 41.0 Å². The van der Waals surface area contributed by atoms with E-state index in [1.807, 2.05) is 64.4 Å². The lowest BCUT2D eigenvalue weighted by Crippen LogP contribution is -2.55. The molecule has 0 bridgehead atoms. The van der Waals surface area contributed by atoms with Gasteiger partial charge in [0.05, 0.1) is 16.1 Å². The number of benzene rings is 1. The van der Waals surface area contributed by atoms with Crippen LogP contribution in [-0.2, 0) is 20.9 Å². The van der Waals surface area contributed by atoms with Gasteiger partial charge in [0, 0.05) is 19.5 Å². The highest BCUT2D eigenvalue weighted by atomic mass is 32.1. The Morgan fingerprint density at radius 2 is 1.85 bits per heavy atom. The molecule has 1 aliphatic rings. The first-order chi connectivity index (χ1) is 16.2. The molecule has 0 aliphatic carbocycles. The van der Waals surface area contributed by atoms with Gasteiger partial charge in [-0.2, -0.15) is 0 Å². The van der Waals surface area contributed by atoms with Crippen molar-refractivity contribution in [2.75, 3.05) is 6.54 Å². The molecule has 1 aliphatic heterocycles. The second-order valence-electron chi connectivity index (χ2n) is 9.76. The molecule has 0 saturated carbocycles. The quantitative estimate of drug-likeness (QED) is 0.565. The molecule has 0 radical (unpaired) electrons. The molecule has 1 saturated heterocycles. The van der Waals surface area contributed by atoms with Crippen LogP contribution in [0.5, 0.6) is 0 Å². The average Bonchev–Trinajstić information content (AvgIpc) is 3.44. The standard InChI is InChI=1S/C26H36N4O3S/c1-16(2)13-22(31)29-23(17(3)4)26(33)30-12-6-7-21(30)25(32)27-14-19-8-10-20(11-9-19)24-18(5)28-15-34-24/h8-11,15-17,21,23H,6-7,12-14H2,1-5H3,(H,27,32)(H,29,31). The van der Waals surface area contributed by atoms with Crippen LogP contribution in [0, 0.1) is 18.8 Å². The number of amides is 3. The van der Waals surface area contributed by atoms with E-state index in [-0.39, 0.29) is 29.6 Å². The van der Waals surface area contributed by atoms with Crippen molar-refractivity contribution >= 4 is 29.1 Å². The fraction of sp³-hybridized carbons (Fsp3) is 0.538. The van der Waals surface area contributed by atoms with Crippen LogP contribution in [0.2, 0.25) is 0 Å². The number of rotatable bonds is 9. The van der Waals surface area contributed by atoms with Crippen LogP contribution in [0.4, 0.5) is 0 Å². The Balaban J connectivity index is 1.60. The van der Waals surface area contributed by atoms with Gasteiger partial charge in [-0.3, -0.25) is 14.4 Å². The van der Waals surface area contributed by atoms with Crippen molar-refractivity contribution in [2.24, 2.45) is 11.8 Å². The van der Waals surface area contributed by atoms with Gasteiger partial charge >= 0.3 is 0 Å². The molecule has 2 N–H and O–H groups in total. The summed E-state index contributed by atoms with van der Waals surface area (Å²) >= 11 is 1.61. The van der Waals surface area contributed by atoms with E-state index < -0.39 is 12.1 Å². The van der Waals surface area contributed by atoms with E-state index in [1.165, 1.54) is 0 Å². The van der Waals surface area contributed by atoms with Gasteiger partial charge in [0.15, 0.2) is 0 Å². The summed E-state index contributed by atoms with van der Waals surface area (Å²) in [6.45, 7) is 10.7. The van der Waals surface area contributed by atoms with E-state index in [0.29, 0.717) is 25.9 Å². The number of hydrogen-bond acceptors (Lipinski definition) is 5. The minimum Gasteiger partial charge on any atom is -0.350 e. The maximum Gasteiger partial charge on any atom is 0.246 e. The summed E-state index contributed by atoms with van der Waals surface area (Å²) in [5.74, 6) is -0.292. The fourth-order valence-corrected chi connectivity index (χ4v) is 5.07. The maximum absolute atomic E-state index is 13.3. The molecular formula is C26H36N4O3S. The van der Waals surface area contributed by atoms with Crippen LogP contribution in [-0.4, -0.2) is 46.2 Å². The van der Waals surface area contributed by atoms with Crippen LogP contribution in [0.25, 0.3) is 10.4 Å². The molecule has 2 atom stereocenters. The molecule has 2 heterocycles. The summed E-state index contributed by atoms with van der Waals surface area (Å²) in [6, 6.07) is 6.97. The summed E-state index contributed by atoms with van der Waals surface area (Å²) in [5, 5.41) is 5.89. The van der Waals surface area contributed by atoms with Gasteiger partial charge < -0.3 is 15.5 Å². The first kappa shape index (κ1) is 25.9. The molecule has 34 heavy (non-hydrogen) atoms. The Bertz CT molecular complexity index is 1000. The highest BCUT2D eigenvalue weighted by Gasteiger charge is 2.38. The van der Waals surface area contributed by atoms with Crippen molar-refractivity contribution < 1.29 is 14.4 Å². The number of thiazole rings is 1. The second-order valence-corrected chi connectivity index (χ2v) is 10.6. The molecule has 1 aromatic heterocycles. The Morgan fingerprint density at radius 3 is 2.44 bits per heavy atom. The van der Waals surface area contributed by atoms with Gasteiger partial charge in [0.25, 0.3) is 0 Å². The van der Waals surface area contributed by atoms with Crippen LogP contribution < -0.4 is 10.6 Å². The molecule has 8 heteroatoms. The van der Waals surface area contributed by atoms with E-state index in [0.717, 1.165) is 28.1 Å².